The molecule has 4 heteroatoms. The first kappa shape index (κ1) is 27.4. The average molecular weight is 635 g/mol. The molecule has 1 atom stereocenters. The second-order valence-electron chi connectivity index (χ2n) is 12.6. The predicted molar refractivity (Wildman–Crippen MR) is 202 cm³/mol. The number of furan rings is 1. The molecule has 0 saturated heterocycles. The fourth-order valence-corrected chi connectivity index (χ4v) is 8.84. The van der Waals surface area contributed by atoms with Crippen molar-refractivity contribution >= 4 is 61.2 Å². The smallest absolute Gasteiger partial charge is 0.137 e. The molecule has 2 aromatic heterocycles. The maximum atomic E-state index is 6.22. The van der Waals surface area contributed by atoms with Crippen molar-refractivity contribution in [2.75, 3.05) is 11.9 Å². The lowest BCUT2D eigenvalue weighted by atomic mass is 10.0. The molecule has 0 aliphatic carbocycles. The third-order valence-electron chi connectivity index (χ3n) is 9.84. The van der Waals surface area contributed by atoms with Gasteiger partial charge in [-0.05, 0) is 82.4 Å². The SMILES string of the molecule is CN1c2c(ccc3oc4ccccc4c23)SC1c1ccc(-n2c3ccc(-c4ccccc4)cc3c3cc(-c4ccccc4)ccc32)cc1. The number of fused-ring (bicyclic) bond motifs is 8. The van der Waals surface area contributed by atoms with E-state index in [2.05, 4.69) is 168 Å². The number of nitrogens with zero attached hydrogens (tertiary/aromatic N) is 2. The van der Waals surface area contributed by atoms with Crippen molar-refractivity contribution in [3.8, 4) is 27.9 Å². The molecule has 0 N–H and O–H groups in total. The fraction of sp³-hybridized carbons (Fsp3) is 0.0455. The number of rotatable bonds is 4. The van der Waals surface area contributed by atoms with Gasteiger partial charge in [0.15, 0.2) is 0 Å². The zero-order chi connectivity index (χ0) is 31.8. The maximum Gasteiger partial charge on any atom is 0.137 e. The number of aromatic nitrogens is 1. The summed E-state index contributed by atoms with van der Waals surface area (Å²) < 4.78 is 8.64. The van der Waals surface area contributed by atoms with Crippen molar-refractivity contribution in [2.24, 2.45) is 0 Å². The number of benzene rings is 7. The Balaban J connectivity index is 1.08. The summed E-state index contributed by atoms with van der Waals surface area (Å²) in [6.07, 6.45) is 0. The quantitative estimate of drug-likeness (QED) is 0.192. The number of hydrogen-bond donors (Lipinski definition) is 0. The van der Waals surface area contributed by atoms with Crippen LogP contribution in [0, 0.1) is 0 Å². The topological polar surface area (TPSA) is 21.3 Å². The molecule has 228 valence electrons. The first-order chi connectivity index (χ1) is 23.7. The Bertz CT molecular complexity index is 2560. The lowest BCUT2D eigenvalue weighted by molar-refractivity contribution is 0.668. The second-order valence-corrected chi connectivity index (χ2v) is 13.7. The zero-order valence-corrected chi connectivity index (χ0v) is 27.1. The number of anilines is 1. The molecule has 0 amide bonds. The van der Waals surface area contributed by atoms with Crippen molar-refractivity contribution in [1.82, 2.24) is 4.57 Å². The molecular formula is C44H30N2OS. The van der Waals surface area contributed by atoms with Crippen LogP contribution in [0.15, 0.2) is 167 Å². The van der Waals surface area contributed by atoms with E-state index in [1.165, 1.54) is 71.0 Å². The minimum absolute atomic E-state index is 0.174. The molecule has 10 rings (SSSR count). The molecule has 1 aliphatic rings. The van der Waals surface area contributed by atoms with Gasteiger partial charge in [-0.1, -0.05) is 115 Å². The zero-order valence-electron chi connectivity index (χ0n) is 26.3. The molecule has 3 heterocycles. The molecule has 0 fully saturated rings. The Hall–Kier alpha value is -5.71. The summed E-state index contributed by atoms with van der Waals surface area (Å²) in [6.45, 7) is 0. The standard InChI is InChI=1S/C44H30N2OS/c1-45-43-41(25-24-40-42(43)34-14-8-9-15-39(34)47-40)48-44(45)30-16-20-33(21-17-30)46-37-22-18-31(28-10-4-2-5-11-28)26-35(37)36-27-32(19-23-38(36)46)29-12-6-3-7-13-29/h2-27,44H,1H3. The minimum Gasteiger partial charge on any atom is -0.456 e. The van der Waals surface area contributed by atoms with E-state index in [1.54, 1.807) is 0 Å². The third-order valence-corrected chi connectivity index (χ3v) is 11.2. The van der Waals surface area contributed by atoms with E-state index in [0.717, 1.165) is 16.9 Å². The largest absolute Gasteiger partial charge is 0.456 e. The molecule has 3 nitrogen and oxygen atoms in total. The van der Waals surface area contributed by atoms with Crippen LogP contribution in [-0.2, 0) is 0 Å². The summed E-state index contributed by atoms with van der Waals surface area (Å²) in [7, 11) is 2.21. The Labute approximate surface area is 282 Å². The Morgan fingerprint density at radius 3 is 1.77 bits per heavy atom. The maximum absolute atomic E-state index is 6.22. The molecule has 7 aromatic carbocycles. The van der Waals surface area contributed by atoms with Crippen LogP contribution >= 0.6 is 11.8 Å². The van der Waals surface area contributed by atoms with Crippen LogP contribution in [0.1, 0.15) is 10.9 Å². The summed E-state index contributed by atoms with van der Waals surface area (Å²) in [5.74, 6) is 0. The van der Waals surface area contributed by atoms with Crippen molar-refractivity contribution in [3.05, 3.63) is 163 Å². The van der Waals surface area contributed by atoms with E-state index in [4.69, 9.17) is 4.42 Å². The van der Waals surface area contributed by atoms with Crippen LogP contribution in [-0.4, -0.2) is 11.6 Å². The van der Waals surface area contributed by atoms with E-state index >= 15 is 0 Å². The van der Waals surface area contributed by atoms with Gasteiger partial charge in [0, 0.05) is 33.8 Å². The lowest BCUT2D eigenvalue weighted by Crippen LogP contribution is -2.17. The summed E-state index contributed by atoms with van der Waals surface area (Å²) in [5.41, 5.74) is 12.9. The summed E-state index contributed by atoms with van der Waals surface area (Å²) in [6, 6.07) is 56.9. The third kappa shape index (κ3) is 4.16. The van der Waals surface area contributed by atoms with E-state index < -0.39 is 0 Å². The predicted octanol–water partition coefficient (Wildman–Crippen LogP) is 12.3. The van der Waals surface area contributed by atoms with Gasteiger partial charge in [0.2, 0.25) is 0 Å². The van der Waals surface area contributed by atoms with Crippen molar-refractivity contribution in [1.29, 1.82) is 0 Å². The van der Waals surface area contributed by atoms with Gasteiger partial charge in [0.25, 0.3) is 0 Å². The van der Waals surface area contributed by atoms with E-state index in [0.29, 0.717) is 0 Å². The van der Waals surface area contributed by atoms with E-state index in [9.17, 15) is 0 Å². The molecule has 0 saturated carbocycles. The lowest BCUT2D eigenvalue weighted by Gasteiger charge is -2.22. The first-order valence-corrected chi connectivity index (χ1v) is 17.2. The summed E-state index contributed by atoms with van der Waals surface area (Å²) in [5, 5.41) is 5.06. The summed E-state index contributed by atoms with van der Waals surface area (Å²) >= 11 is 1.91. The van der Waals surface area contributed by atoms with Gasteiger partial charge in [0.05, 0.1) is 22.1 Å². The molecule has 9 aromatic rings. The minimum atomic E-state index is 0.174. The highest BCUT2D eigenvalue weighted by molar-refractivity contribution is 8.00. The number of para-hydroxylation sites is 1. The van der Waals surface area contributed by atoms with Crippen molar-refractivity contribution in [2.45, 2.75) is 10.3 Å². The Kier molecular flexibility index (Phi) is 6.09. The van der Waals surface area contributed by atoms with Gasteiger partial charge in [-0.25, -0.2) is 0 Å². The van der Waals surface area contributed by atoms with Crippen LogP contribution in [0.4, 0.5) is 5.69 Å². The van der Waals surface area contributed by atoms with Crippen LogP contribution in [0.2, 0.25) is 0 Å². The second kappa shape index (κ2) is 10.7. The van der Waals surface area contributed by atoms with Crippen LogP contribution in [0.5, 0.6) is 0 Å². The monoisotopic (exact) mass is 634 g/mol. The van der Waals surface area contributed by atoms with E-state index in [-0.39, 0.29) is 5.37 Å². The highest BCUT2D eigenvalue weighted by Gasteiger charge is 2.32. The Morgan fingerprint density at radius 1 is 0.521 bits per heavy atom. The molecule has 1 unspecified atom stereocenters. The average Bonchev–Trinajstić information content (AvgIpc) is 3.81. The molecule has 48 heavy (non-hydrogen) atoms. The molecular weight excluding hydrogens is 605 g/mol. The number of hydrogen-bond acceptors (Lipinski definition) is 3. The van der Waals surface area contributed by atoms with Gasteiger partial charge in [-0.3, -0.25) is 0 Å². The first-order valence-electron chi connectivity index (χ1n) is 16.3. The van der Waals surface area contributed by atoms with Gasteiger partial charge < -0.3 is 13.9 Å². The van der Waals surface area contributed by atoms with Gasteiger partial charge in [-0.15, -0.1) is 0 Å². The molecule has 0 spiro atoms. The van der Waals surface area contributed by atoms with Crippen LogP contribution in [0.3, 0.4) is 0 Å². The normalized spacial score (nSPS) is 14.4. The molecule has 0 bridgehead atoms. The van der Waals surface area contributed by atoms with Crippen LogP contribution in [0.25, 0.3) is 71.7 Å². The molecule has 0 radical (unpaired) electrons. The van der Waals surface area contributed by atoms with Crippen molar-refractivity contribution < 1.29 is 4.42 Å². The highest BCUT2D eigenvalue weighted by Crippen LogP contribution is 2.54. The van der Waals surface area contributed by atoms with Gasteiger partial charge in [0.1, 0.15) is 16.5 Å². The highest BCUT2D eigenvalue weighted by atomic mass is 32.2. The molecule has 1 aliphatic heterocycles. The number of thioether (sulfide) groups is 1. The van der Waals surface area contributed by atoms with Crippen LogP contribution < -0.4 is 4.90 Å². The Morgan fingerprint density at radius 2 is 1.12 bits per heavy atom. The summed E-state index contributed by atoms with van der Waals surface area (Å²) in [4.78, 5) is 3.70. The fourth-order valence-electron chi connectivity index (χ4n) is 7.54. The van der Waals surface area contributed by atoms with Gasteiger partial charge in [-0.2, -0.15) is 0 Å². The van der Waals surface area contributed by atoms with E-state index in [1.807, 2.05) is 17.8 Å². The van der Waals surface area contributed by atoms with Gasteiger partial charge >= 0.3 is 0 Å². The van der Waals surface area contributed by atoms with Crippen molar-refractivity contribution in [3.63, 3.8) is 0 Å².